The van der Waals surface area contributed by atoms with Crippen molar-refractivity contribution in [1.29, 1.82) is 0 Å². The lowest BCUT2D eigenvalue weighted by atomic mass is 9.59. The summed E-state index contributed by atoms with van der Waals surface area (Å²) in [6, 6.07) is 0. The van der Waals surface area contributed by atoms with Crippen molar-refractivity contribution in [2.75, 3.05) is 12.5 Å². The molecule has 4 N–H and O–H groups in total. The topological polar surface area (TPSA) is 83.6 Å². The van der Waals surface area contributed by atoms with E-state index < -0.39 is 16.9 Å². The molecule has 4 nitrogen and oxygen atoms in total. The summed E-state index contributed by atoms with van der Waals surface area (Å²) in [5.74, 6) is -0.757. The first-order chi connectivity index (χ1) is 5.48. The third-order valence-corrected chi connectivity index (χ3v) is 2.99. The van der Waals surface area contributed by atoms with Crippen LogP contribution in [0.3, 0.4) is 0 Å². The maximum absolute atomic E-state index is 10.6. The molecule has 0 radical (unpaired) electrons. The van der Waals surface area contributed by atoms with Gasteiger partial charge in [-0.15, -0.1) is 11.6 Å². The van der Waals surface area contributed by atoms with Crippen LogP contribution in [0.5, 0.6) is 0 Å². The number of hydrogen-bond acceptors (Lipinski definition) is 3. The molecule has 1 fully saturated rings. The van der Waals surface area contributed by atoms with Crippen molar-refractivity contribution in [3.8, 4) is 0 Å². The van der Waals surface area contributed by atoms with Gasteiger partial charge in [0.25, 0.3) is 0 Å². The van der Waals surface area contributed by atoms with E-state index in [0.717, 1.165) is 0 Å². The van der Waals surface area contributed by atoms with Crippen molar-refractivity contribution in [2.45, 2.75) is 18.4 Å². The lowest BCUT2D eigenvalue weighted by molar-refractivity contribution is -0.154. The quantitative estimate of drug-likeness (QED) is 0.541. The minimum absolute atomic E-state index is 0.0945. The molecule has 0 spiro atoms. The van der Waals surface area contributed by atoms with Gasteiger partial charge in [-0.2, -0.15) is 0 Å². The minimum atomic E-state index is -1.17. The molecule has 0 aliphatic heterocycles. The van der Waals surface area contributed by atoms with Crippen molar-refractivity contribution in [1.82, 2.24) is 0 Å². The Bertz CT molecular complexity index is 195. The molecule has 12 heavy (non-hydrogen) atoms. The van der Waals surface area contributed by atoms with E-state index in [0.29, 0.717) is 0 Å². The van der Waals surface area contributed by atoms with Crippen LogP contribution in [0.15, 0.2) is 0 Å². The molecular formula is C7H12ClNO3. The summed E-state index contributed by atoms with van der Waals surface area (Å²) in [5, 5.41) is 17.6. The first kappa shape index (κ1) is 9.77. The van der Waals surface area contributed by atoms with Crippen LogP contribution in [0, 0.1) is 5.41 Å². The van der Waals surface area contributed by atoms with E-state index in [2.05, 4.69) is 0 Å². The van der Waals surface area contributed by atoms with Crippen LogP contribution < -0.4 is 5.73 Å². The Balaban J connectivity index is 2.60. The molecule has 70 valence electrons. The number of carboxylic acid groups (broad SMARTS) is 1. The van der Waals surface area contributed by atoms with Gasteiger partial charge in [0, 0.05) is 11.3 Å². The molecule has 0 amide bonds. The van der Waals surface area contributed by atoms with Crippen LogP contribution in [-0.2, 0) is 4.79 Å². The lowest BCUT2D eigenvalue weighted by Crippen LogP contribution is -2.64. The maximum atomic E-state index is 10.6. The second-order valence-electron chi connectivity index (χ2n) is 3.61. The number of aliphatic carboxylic acids is 1. The third kappa shape index (κ3) is 1.30. The van der Waals surface area contributed by atoms with Crippen molar-refractivity contribution >= 4 is 17.6 Å². The van der Waals surface area contributed by atoms with Gasteiger partial charge in [0.1, 0.15) is 5.54 Å². The smallest absolute Gasteiger partial charge is 0.323 e. The molecule has 0 aromatic rings. The molecule has 0 heterocycles. The number of aliphatic hydroxyl groups excluding tert-OH is 1. The van der Waals surface area contributed by atoms with Gasteiger partial charge in [0.15, 0.2) is 0 Å². The molecular weight excluding hydrogens is 182 g/mol. The van der Waals surface area contributed by atoms with Gasteiger partial charge >= 0.3 is 5.97 Å². The Morgan fingerprint density at radius 2 is 2.08 bits per heavy atom. The normalized spacial score (nSPS) is 40.6. The number of hydrogen-bond donors (Lipinski definition) is 3. The highest BCUT2D eigenvalue weighted by Crippen LogP contribution is 2.47. The summed E-state index contributed by atoms with van der Waals surface area (Å²) in [4.78, 5) is 10.6. The van der Waals surface area contributed by atoms with E-state index in [1.165, 1.54) is 0 Å². The van der Waals surface area contributed by atoms with Crippen LogP contribution in [0.4, 0.5) is 0 Å². The van der Waals surface area contributed by atoms with E-state index in [9.17, 15) is 4.79 Å². The first-order valence-electron chi connectivity index (χ1n) is 3.67. The zero-order valence-corrected chi connectivity index (χ0v) is 7.34. The highest BCUT2D eigenvalue weighted by Gasteiger charge is 2.56. The van der Waals surface area contributed by atoms with Crippen LogP contribution in [0.1, 0.15) is 12.8 Å². The molecule has 1 rings (SSSR count). The molecule has 0 bridgehead atoms. The standard InChI is InChI=1S/C7H12ClNO3/c8-3-6(4-10)1-7(9,2-6)5(11)12/h10H,1-4,9H2,(H,11,12). The average molecular weight is 194 g/mol. The van der Waals surface area contributed by atoms with E-state index in [1.807, 2.05) is 0 Å². The zero-order chi connectivity index (χ0) is 9.41. The molecule has 0 saturated heterocycles. The minimum Gasteiger partial charge on any atom is -0.480 e. The van der Waals surface area contributed by atoms with Gasteiger partial charge < -0.3 is 15.9 Å². The van der Waals surface area contributed by atoms with Gasteiger partial charge in [-0.25, -0.2) is 0 Å². The molecule has 0 aromatic carbocycles. The van der Waals surface area contributed by atoms with Gasteiger partial charge in [-0.05, 0) is 12.8 Å². The lowest BCUT2D eigenvalue weighted by Gasteiger charge is -2.50. The Kier molecular flexibility index (Phi) is 2.33. The number of alkyl halides is 1. The highest BCUT2D eigenvalue weighted by molar-refractivity contribution is 6.18. The van der Waals surface area contributed by atoms with E-state index >= 15 is 0 Å². The number of halogens is 1. The van der Waals surface area contributed by atoms with Crippen molar-refractivity contribution in [2.24, 2.45) is 11.1 Å². The molecule has 1 aliphatic carbocycles. The largest absolute Gasteiger partial charge is 0.480 e. The fraction of sp³-hybridized carbons (Fsp3) is 0.857. The van der Waals surface area contributed by atoms with Crippen molar-refractivity contribution in [3.63, 3.8) is 0 Å². The SMILES string of the molecule is NC1(C(=O)O)CC(CO)(CCl)C1. The molecule has 0 aromatic heterocycles. The number of rotatable bonds is 3. The Morgan fingerprint density at radius 3 is 2.33 bits per heavy atom. The van der Waals surface area contributed by atoms with Crippen LogP contribution >= 0.6 is 11.6 Å². The summed E-state index contributed by atoms with van der Waals surface area (Å²) in [7, 11) is 0. The van der Waals surface area contributed by atoms with Crippen molar-refractivity contribution < 1.29 is 15.0 Å². The van der Waals surface area contributed by atoms with Crippen LogP contribution in [0.25, 0.3) is 0 Å². The van der Waals surface area contributed by atoms with E-state index in [4.69, 9.17) is 27.5 Å². The van der Waals surface area contributed by atoms with Crippen molar-refractivity contribution in [3.05, 3.63) is 0 Å². The molecule has 5 heteroatoms. The molecule has 1 aliphatic rings. The number of carboxylic acids is 1. The summed E-state index contributed by atoms with van der Waals surface area (Å²) in [5.41, 5.74) is 3.87. The Hall–Kier alpha value is -0.320. The second kappa shape index (κ2) is 2.87. The summed E-state index contributed by atoms with van der Waals surface area (Å²) in [6.07, 6.45) is 0.519. The van der Waals surface area contributed by atoms with Gasteiger partial charge in [0.05, 0.1) is 6.61 Å². The van der Waals surface area contributed by atoms with Gasteiger partial charge in [-0.1, -0.05) is 0 Å². The third-order valence-electron chi connectivity index (χ3n) is 2.43. The van der Waals surface area contributed by atoms with Crippen LogP contribution in [0.2, 0.25) is 0 Å². The predicted octanol–water partition coefficient (Wildman–Crippen LogP) is -0.220. The number of carbonyl (C=O) groups is 1. The number of nitrogens with two attached hydrogens (primary N) is 1. The summed E-state index contributed by atoms with van der Waals surface area (Å²) < 4.78 is 0. The molecule has 0 unspecified atom stereocenters. The Morgan fingerprint density at radius 1 is 1.58 bits per heavy atom. The molecule has 0 atom stereocenters. The number of aliphatic hydroxyl groups is 1. The Labute approximate surface area is 75.3 Å². The summed E-state index contributed by atoms with van der Waals surface area (Å²) in [6.45, 7) is -0.0945. The predicted molar refractivity (Wildman–Crippen MR) is 44.0 cm³/mol. The fourth-order valence-electron chi connectivity index (χ4n) is 1.69. The monoisotopic (exact) mass is 193 g/mol. The van der Waals surface area contributed by atoms with Gasteiger partial charge in [-0.3, -0.25) is 4.79 Å². The highest BCUT2D eigenvalue weighted by atomic mass is 35.5. The van der Waals surface area contributed by atoms with Gasteiger partial charge in [0.2, 0.25) is 0 Å². The second-order valence-corrected chi connectivity index (χ2v) is 3.87. The van der Waals surface area contributed by atoms with Crippen LogP contribution in [-0.4, -0.2) is 34.2 Å². The average Bonchev–Trinajstić information content (AvgIpc) is 1.98. The summed E-state index contributed by atoms with van der Waals surface area (Å²) >= 11 is 5.58. The fourth-order valence-corrected chi connectivity index (χ4v) is 1.96. The maximum Gasteiger partial charge on any atom is 0.323 e. The van der Waals surface area contributed by atoms with E-state index in [1.54, 1.807) is 0 Å². The van der Waals surface area contributed by atoms with E-state index in [-0.39, 0.29) is 25.3 Å². The zero-order valence-electron chi connectivity index (χ0n) is 6.59. The first-order valence-corrected chi connectivity index (χ1v) is 4.21. The molecule has 1 saturated carbocycles.